The Morgan fingerprint density at radius 2 is 1.84 bits per heavy atom. The molecule has 0 aliphatic carbocycles. The average Bonchev–Trinajstić information content (AvgIpc) is 2.87. The van der Waals surface area contributed by atoms with Gasteiger partial charge >= 0.3 is 6.18 Å². The van der Waals surface area contributed by atoms with Gasteiger partial charge in [0.25, 0.3) is 0 Å². The van der Waals surface area contributed by atoms with Crippen molar-refractivity contribution in [3.05, 3.63) is 89.7 Å². The monoisotopic (exact) mass is 545 g/mol. The molecule has 1 aliphatic rings. The zero-order chi connectivity index (χ0) is 27.3. The molecule has 0 aromatic heterocycles. The van der Waals surface area contributed by atoms with Crippen LogP contribution in [0.2, 0.25) is 0 Å². The molecule has 1 saturated heterocycles. The molecule has 1 heterocycles. The smallest absolute Gasteiger partial charge is 0.416 e. The number of hydrogen-bond donors (Lipinski definition) is 1. The molecule has 198 valence electrons. The molecule has 38 heavy (non-hydrogen) atoms. The number of alkyl halides is 3. The minimum Gasteiger partial charge on any atom is -0.494 e. The van der Waals surface area contributed by atoms with E-state index in [1.54, 1.807) is 24.3 Å². The molecule has 11 heteroatoms. The lowest BCUT2D eigenvalue weighted by Gasteiger charge is -2.32. The Morgan fingerprint density at radius 1 is 1.11 bits per heavy atom. The molecule has 4 rings (SSSR count). The molecular weight excluding hydrogens is 522 g/mol. The highest BCUT2D eigenvalue weighted by atomic mass is 32.2. The summed E-state index contributed by atoms with van der Waals surface area (Å²) in [5, 5.41) is 1.94. The molecule has 2 amide bonds. The van der Waals surface area contributed by atoms with Crippen molar-refractivity contribution in [2.75, 3.05) is 11.9 Å². The summed E-state index contributed by atoms with van der Waals surface area (Å²) < 4.78 is 58.6. The van der Waals surface area contributed by atoms with Gasteiger partial charge in [-0.25, -0.2) is 9.38 Å². The van der Waals surface area contributed by atoms with Crippen molar-refractivity contribution in [2.24, 2.45) is 4.99 Å². The molecule has 1 unspecified atom stereocenters. The lowest BCUT2D eigenvalue weighted by atomic mass is 10.2. The topological polar surface area (TPSA) is 71.0 Å². The highest BCUT2D eigenvalue weighted by molar-refractivity contribution is 8.15. The van der Waals surface area contributed by atoms with E-state index in [9.17, 15) is 27.2 Å². The van der Waals surface area contributed by atoms with Crippen LogP contribution in [0, 0.1) is 5.82 Å². The first kappa shape index (κ1) is 27.2. The number of aliphatic imine (C=N–C) groups is 1. The number of nitrogens with zero attached hydrogens (tertiary/aromatic N) is 2. The van der Waals surface area contributed by atoms with Crippen LogP contribution in [-0.2, 0) is 22.3 Å². The molecule has 1 atom stereocenters. The number of carbonyl (C=O) groups excluding carboxylic acids is 2. The van der Waals surface area contributed by atoms with Gasteiger partial charge in [-0.15, -0.1) is 0 Å². The fourth-order valence-corrected chi connectivity index (χ4v) is 4.78. The standard InChI is InChI=1S/C27H23F4N3O3S/c1-2-37-22-8-4-7-21(14-22)32-25(36)23-15-24(35)34(16-17-9-11-19(28)12-10-17)26(38-23)33-20-6-3-5-18(13-20)27(29,30)31/h3-14,23H,2,15-16H2,1H3,(H,32,36). The Morgan fingerprint density at radius 3 is 2.55 bits per heavy atom. The minimum atomic E-state index is -4.57. The third-order valence-electron chi connectivity index (χ3n) is 5.50. The lowest BCUT2D eigenvalue weighted by molar-refractivity contribution is -0.137. The number of anilines is 1. The van der Waals surface area contributed by atoms with Gasteiger partial charge in [0, 0.05) is 18.2 Å². The van der Waals surface area contributed by atoms with Crippen molar-refractivity contribution in [2.45, 2.75) is 31.3 Å². The first-order valence-electron chi connectivity index (χ1n) is 11.6. The third-order valence-corrected chi connectivity index (χ3v) is 6.68. The summed E-state index contributed by atoms with van der Waals surface area (Å²) in [5.74, 6) is -0.789. The zero-order valence-corrected chi connectivity index (χ0v) is 21.0. The summed E-state index contributed by atoms with van der Waals surface area (Å²) in [6.45, 7) is 2.29. The van der Waals surface area contributed by atoms with E-state index in [2.05, 4.69) is 10.3 Å². The Hall–Kier alpha value is -3.86. The number of amidine groups is 1. The maximum absolute atomic E-state index is 13.4. The summed E-state index contributed by atoms with van der Waals surface area (Å²) in [5.41, 5.74) is 0.150. The van der Waals surface area contributed by atoms with E-state index in [0.29, 0.717) is 23.6 Å². The van der Waals surface area contributed by atoms with Crippen LogP contribution in [0.3, 0.4) is 0 Å². The fourth-order valence-electron chi connectivity index (χ4n) is 3.68. The van der Waals surface area contributed by atoms with Crippen LogP contribution in [0.5, 0.6) is 5.75 Å². The number of halogens is 4. The fraction of sp³-hybridized carbons (Fsp3) is 0.222. The van der Waals surface area contributed by atoms with Gasteiger partial charge in [0.05, 0.1) is 24.4 Å². The third kappa shape index (κ3) is 6.91. The van der Waals surface area contributed by atoms with Crippen molar-refractivity contribution in [1.82, 2.24) is 4.90 Å². The van der Waals surface area contributed by atoms with Crippen molar-refractivity contribution < 1.29 is 31.9 Å². The van der Waals surface area contributed by atoms with Crippen LogP contribution >= 0.6 is 11.8 Å². The summed E-state index contributed by atoms with van der Waals surface area (Å²) in [7, 11) is 0. The van der Waals surface area contributed by atoms with Gasteiger partial charge in [-0.05, 0) is 55.0 Å². The Bertz CT molecular complexity index is 1350. The normalized spacial score (nSPS) is 17.0. The number of amides is 2. The van der Waals surface area contributed by atoms with Crippen LogP contribution in [0.1, 0.15) is 24.5 Å². The molecule has 0 bridgehead atoms. The van der Waals surface area contributed by atoms with E-state index < -0.39 is 34.6 Å². The first-order valence-corrected chi connectivity index (χ1v) is 12.5. The molecule has 3 aromatic rings. The van der Waals surface area contributed by atoms with Crippen LogP contribution in [-0.4, -0.2) is 33.7 Å². The second kappa shape index (κ2) is 11.7. The van der Waals surface area contributed by atoms with Crippen LogP contribution < -0.4 is 10.1 Å². The number of hydrogen-bond acceptors (Lipinski definition) is 5. The molecule has 0 radical (unpaired) electrons. The average molecular weight is 546 g/mol. The quantitative estimate of drug-likeness (QED) is 0.349. The lowest BCUT2D eigenvalue weighted by Crippen LogP contribution is -2.44. The maximum atomic E-state index is 13.4. The van der Waals surface area contributed by atoms with Gasteiger partial charge in [-0.1, -0.05) is 36.0 Å². The molecule has 0 saturated carbocycles. The molecule has 6 nitrogen and oxygen atoms in total. The van der Waals surface area contributed by atoms with E-state index in [-0.39, 0.29) is 23.8 Å². The summed E-state index contributed by atoms with van der Waals surface area (Å²) in [6, 6.07) is 16.7. The molecule has 0 spiro atoms. The number of ether oxygens (including phenoxy) is 1. The predicted octanol–water partition coefficient (Wildman–Crippen LogP) is 6.40. The van der Waals surface area contributed by atoms with Crippen molar-refractivity contribution in [3.63, 3.8) is 0 Å². The number of rotatable bonds is 7. The number of thioether (sulfide) groups is 1. The number of benzene rings is 3. The number of carbonyl (C=O) groups is 2. The Balaban J connectivity index is 1.62. The highest BCUT2D eigenvalue weighted by Crippen LogP contribution is 2.34. The van der Waals surface area contributed by atoms with E-state index >= 15 is 0 Å². The van der Waals surface area contributed by atoms with Gasteiger partial charge in [0.2, 0.25) is 11.8 Å². The Kier molecular flexibility index (Phi) is 8.35. The van der Waals surface area contributed by atoms with Crippen molar-refractivity contribution in [1.29, 1.82) is 0 Å². The molecule has 1 aliphatic heterocycles. The molecular formula is C27H23F4N3O3S. The highest BCUT2D eigenvalue weighted by Gasteiger charge is 2.36. The SMILES string of the molecule is CCOc1cccc(NC(=O)C2CC(=O)N(Cc3ccc(F)cc3)C(=Nc3cccc(C(F)(F)F)c3)S2)c1. The van der Waals surface area contributed by atoms with Crippen molar-refractivity contribution >= 4 is 40.1 Å². The van der Waals surface area contributed by atoms with E-state index in [4.69, 9.17) is 4.74 Å². The second-order valence-electron chi connectivity index (χ2n) is 8.31. The summed E-state index contributed by atoms with van der Waals surface area (Å²) >= 11 is 0.972. The van der Waals surface area contributed by atoms with Gasteiger partial charge in [-0.2, -0.15) is 13.2 Å². The van der Waals surface area contributed by atoms with E-state index in [1.165, 1.54) is 41.3 Å². The largest absolute Gasteiger partial charge is 0.494 e. The van der Waals surface area contributed by atoms with Crippen LogP contribution in [0.4, 0.5) is 28.9 Å². The second-order valence-corrected chi connectivity index (χ2v) is 9.48. The van der Waals surface area contributed by atoms with Gasteiger partial charge in [-0.3, -0.25) is 14.5 Å². The summed E-state index contributed by atoms with van der Waals surface area (Å²) in [6.07, 6.45) is -4.73. The van der Waals surface area contributed by atoms with E-state index in [0.717, 1.165) is 23.9 Å². The van der Waals surface area contributed by atoms with Gasteiger partial charge < -0.3 is 10.1 Å². The van der Waals surface area contributed by atoms with Crippen molar-refractivity contribution in [3.8, 4) is 5.75 Å². The molecule has 1 fully saturated rings. The van der Waals surface area contributed by atoms with Crippen LogP contribution in [0.25, 0.3) is 0 Å². The number of nitrogens with one attached hydrogen (secondary N) is 1. The first-order chi connectivity index (χ1) is 18.1. The predicted molar refractivity (Wildman–Crippen MR) is 138 cm³/mol. The maximum Gasteiger partial charge on any atom is 0.416 e. The van der Waals surface area contributed by atoms with Gasteiger partial charge in [0.1, 0.15) is 16.8 Å². The van der Waals surface area contributed by atoms with Crippen LogP contribution in [0.15, 0.2) is 77.8 Å². The summed E-state index contributed by atoms with van der Waals surface area (Å²) in [4.78, 5) is 31.9. The minimum absolute atomic E-state index is 0.00858. The zero-order valence-electron chi connectivity index (χ0n) is 20.2. The Labute approximate surface area is 220 Å². The van der Waals surface area contributed by atoms with E-state index in [1.807, 2.05) is 6.92 Å². The molecule has 3 aromatic carbocycles. The molecule has 1 N–H and O–H groups in total. The van der Waals surface area contributed by atoms with Gasteiger partial charge in [0.15, 0.2) is 5.17 Å².